The highest BCUT2D eigenvalue weighted by molar-refractivity contribution is 5.87. The van der Waals surface area contributed by atoms with Gasteiger partial charge in [0, 0.05) is 18.6 Å². The van der Waals surface area contributed by atoms with Crippen LogP contribution in [-0.2, 0) is 9.59 Å². The minimum absolute atomic E-state index is 0.0928. The van der Waals surface area contributed by atoms with Gasteiger partial charge in [0.05, 0.1) is 12.5 Å². The monoisotopic (exact) mass is 268 g/mol. The molecule has 108 valence electrons. The van der Waals surface area contributed by atoms with Gasteiger partial charge in [-0.25, -0.2) is 0 Å². The van der Waals surface area contributed by atoms with Gasteiger partial charge >= 0.3 is 0 Å². The number of piperidine rings is 1. The zero-order valence-electron chi connectivity index (χ0n) is 11.5. The quantitative estimate of drug-likeness (QED) is 0.606. The summed E-state index contributed by atoms with van der Waals surface area (Å²) in [6.45, 7) is 0.659. The number of nitrogens with zero attached hydrogens (tertiary/aromatic N) is 1. The van der Waals surface area contributed by atoms with Gasteiger partial charge in [-0.3, -0.25) is 9.59 Å². The van der Waals surface area contributed by atoms with E-state index in [-0.39, 0.29) is 12.3 Å². The Balaban J connectivity index is 1.74. The van der Waals surface area contributed by atoms with Gasteiger partial charge in [-0.05, 0) is 38.6 Å². The number of carbonyl (C=O) groups excluding carboxylic acids is 2. The molecule has 2 bridgehead atoms. The molecule has 0 spiro atoms. The SMILES string of the molecule is CN1C2CCC1CC(CNC(=O)C(N)CC(N)=O)C2. The van der Waals surface area contributed by atoms with Crippen LogP contribution in [0.4, 0.5) is 0 Å². The summed E-state index contributed by atoms with van der Waals surface area (Å²) >= 11 is 0. The van der Waals surface area contributed by atoms with Crippen LogP contribution in [0.15, 0.2) is 0 Å². The van der Waals surface area contributed by atoms with Crippen molar-refractivity contribution >= 4 is 11.8 Å². The van der Waals surface area contributed by atoms with Crippen molar-refractivity contribution < 1.29 is 9.59 Å². The Hall–Kier alpha value is -1.14. The molecule has 0 aliphatic carbocycles. The van der Waals surface area contributed by atoms with E-state index in [2.05, 4.69) is 17.3 Å². The van der Waals surface area contributed by atoms with Gasteiger partial charge in [0.25, 0.3) is 0 Å². The molecule has 6 heteroatoms. The van der Waals surface area contributed by atoms with Crippen molar-refractivity contribution in [1.82, 2.24) is 10.2 Å². The summed E-state index contributed by atoms with van der Waals surface area (Å²) in [5, 5.41) is 2.85. The third kappa shape index (κ3) is 3.45. The van der Waals surface area contributed by atoms with Gasteiger partial charge in [0.2, 0.25) is 11.8 Å². The molecule has 0 aromatic rings. The van der Waals surface area contributed by atoms with Crippen LogP contribution < -0.4 is 16.8 Å². The normalized spacial score (nSPS) is 32.0. The Morgan fingerprint density at radius 2 is 1.89 bits per heavy atom. The second-order valence-electron chi connectivity index (χ2n) is 5.91. The third-order valence-electron chi connectivity index (χ3n) is 4.52. The third-order valence-corrected chi connectivity index (χ3v) is 4.52. The molecule has 2 rings (SSSR count). The average molecular weight is 268 g/mol. The number of rotatable bonds is 5. The zero-order chi connectivity index (χ0) is 14.0. The van der Waals surface area contributed by atoms with Gasteiger partial charge in [-0.1, -0.05) is 0 Å². The Kier molecular flexibility index (Phi) is 4.42. The molecule has 3 atom stereocenters. The van der Waals surface area contributed by atoms with Crippen molar-refractivity contribution in [3.05, 3.63) is 0 Å². The average Bonchev–Trinajstić information content (AvgIpc) is 2.58. The van der Waals surface area contributed by atoms with Crippen LogP contribution in [-0.4, -0.2) is 48.4 Å². The Morgan fingerprint density at radius 1 is 1.32 bits per heavy atom. The van der Waals surface area contributed by atoms with Crippen LogP contribution in [0.5, 0.6) is 0 Å². The summed E-state index contributed by atoms with van der Waals surface area (Å²) in [6.07, 6.45) is 4.72. The molecule has 5 N–H and O–H groups in total. The van der Waals surface area contributed by atoms with E-state index < -0.39 is 11.9 Å². The van der Waals surface area contributed by atoms with Crippen molar-refractivity contribution in [2.24, 2.45) is 17.4 Å². The lowest BCUT2D eigenvalue weighted by molar-refractivity contribution is -0.126. The molecule has 2 saturated heterocycles. The van der Waals surface area contributed by atoms with Crippen LogP contribution in [0.25, 0.3) is 0 Å². The molecule has 0 aromatic carbocycles. The minimum atomic E-state index is -0.819. The highest BCUT2D eigenvalue weighted by atomic mass is 16.2. The summed E-state index contributed by atoms with van der Waals surface area (Å²) in [7, 11) is 2.19. The second-order valence-corrected chi connectivity index (χ2v) is 5.91. The van der Waals surface area contributed by atoms with E-state index in [9.17, 15) is 9.59 Å². The van der Waals surface area contributed by atoms with Crippen LogP contribution in [0.1, 0.15) is 32.1 Å². The highest BCUT2D eigenvalue weighted by Gasteiger charge is 2.38. The molecule has 19 heavy (non-hydrogen) atoms. The van der Waals surface area contributed by atoms with Gasteiger partial charge < -0.3 is 21.7 Å². The van der Waals surface area contributed by atoms with E-state index in [1.165, 1.54) is 12.8 Å². The molecule has 0 radical (unpaired) electrons. The Labute approximate surface area is 113 Å². The number of hydrogen-bond donors (Lipinski definition) is 3. The maximum Gasteiger partial charge on any atom is 0.237 e. The molecule has 2 amide bonds. The molecule has 2 aliphatic heterocycles. The molecule has 0 saturated carbocycles. The summed E-state index contributed by atoms with van der Waals surface area (Å²) in [5.74, 6) is -0.288. The first-order valence-electron chi connectivity index (χ1n) is 7.01. The van der Waals surface area contributed by atoms with E-state index in [0.29, 0.717) is 24.5 Å². The highest BCUT2D eigenvalue weighted by Crippen LogP contribution is 2.36. The van der Waals surface area contributed by atoms with Crippen LogP contribution in [0.2, 0.25) is 0 Å². The lowest BCUT2D eigenvalue weighted by Gasteiger charge is -2.36. The molecular weight excluding hydrogens is 244 g/mol. The van der Waals surface area contributed by atoms with Crippen molar-refractivity contribution in [3.63, 3.8) is 0 Å². The summed E-state index contributed by atoms with van der Waals surface area (Å²) in [6, 6.07) is 0.514. The second kappa shape index (κ2) is 5.88. The lowest BCUT2D eigenvalue weighted by atomic mass is 9.91. The first-order chi connectivity index (χ1) is 8.97. The predicted molar refractivity (Wildman–Crippen MR) is 72.1 cm³/mol. The van der Waals surface area contributed by atoms with Crippen LogP contribution in [0, 0.1) is 5.92 Å². The van der Waals surface area contributed by atoms with Crippen molar-refractivity contribution in [2.75, 3.05) is 13.6 Å². The number of primary amides is 1. The maximum absolute atomic E-state index is 11.7. The van der Waals surface area contributed by atoms with Gasteiger partial charge in [0.1, 0.15) is 0 Å². The molecular formula is C13H24N4O2. The fraction of sp³-hybridized carbons (Fsp3) is 0.846. The molecule has 2 heterocycles. The zero-order valence-corrected chi connectivity index (χ0v) is 11.5. The fourth-order valence-electron chi connectivity index (χ4n) is 3.38. The number of carbonyl (C=O) groups is 2. The van der Waals surface area contributed by atoms with Crippen molar-refractivity contribution in [2.45, 2.75) is 50.2 Å². The molecule has 0 aromatic heterocycles. The number of hydrogen-bond acceptors (Lipinski definition) is 4. The molecule has 2 aliphatic rings. The van der Waals surface area contributed by atoms with E-state index in [4.69, 9.17) is 11.5 Å². The van der Waals surface area contributed by atoms with E-state index >= 15 is 0 Å². The fourth-order valence-corrected chi connectivity index (χ4v) is 3.38. The topological polar surface area (TPSA) is 101 Å². The van der Waals surface area contributed by atoms with Crippen molar-refractivity contribution in [3.8, 4) is 0 Å². The maximum atomic E-state index is 11.7. The van der Waals surface area contributed by atoms with Crippen LogP contribution in [0.3, 0.4) is 0 Å². The predicted octanol–water partition coefficient (Wildman–Crippen LogP) is -0.822. The molecule has 3 unspecified atom stereocenters. The van der Waals surface area contributed by atoms with E-state index in [1.54, 1.807) is 0 Å². The van der Waals surface area contributed by atoms with Crippen LogP contribution >= 0.6 is 0 Å². The smallest absolute Gasteiger partial charge is 0.237 e. The van der Waals surface area contributed by atoms with E-state index in [1.807, 2.05) is 0 Å². The number of nitrogens with one attached hydrogen (secondary N) is 1. The summed E-state index contributed by atoms with van der Waals surface area (Å²) in [5.41, 5.74) is 10.6. The summed E-state index contributed by atoms with van der Waals surface area (Å²) < 4.78 is 0. The summed E-state index contributed by atoms with van der Waals surface area (Å²) in [4.78, 5) is 24.9. The molecule has 6 nitrogen and oxygen atoms in total. The van der Waals surface area contributed by atoms with Gasteiger partial charge in [-0.2, -0.15) is 0 Å². The van der Waals surface area contributed by atoms with Gasteiger partial charge in [-0.15, -0.1) is 0 Å². The van der Waals surface area contributed by atoms with Gasteiger partial charge in [0.15, 0.2) is 0 Å². The first-order valence-corrected chi connectivity index (χ1v) is 7.01. The number of fused-ring (bicyclic) bond motifs is 2. The van der Waals surface area contributed by atoms with Crippen molar-refractivity contribution in [1.29, 1.82) is 0 Å². The standard InChI is InChI=1S/C13H24N4O2/c1-17-9-2-3-10(17)5-8(4-9)7-16-13(19)11(14)6-12(15)18/h8-11H,2-7,14H2,1H3,(H2,15,18)(H,16,19). The Bertz CT molecular complexity index is 347. The number of amides is 2. The lowest BCUT2D eigenvalue weighted by Crippen LogP contribution is -2.47. The first kappa shape index (κ1) is 14.3. The Morgan fingerprint density at radius 3 is 2.42 bits per heavy atom. The number of nitrogens with two attached hydrogens (primary N) is 2. The van der Waals surface area contributed by atoms with E-state index in [0.717, 1.165) is 12.8 Å². The molecule has 2 fully saturated rings. The minimum Gasteiger partial charge on any atom is -0.370 e. The largest absolute Gasteiger partial charge is 0.370 e.